The molecular weight excluding hydrogens is 381 g/mol. The van der Waals surface area contributed by atoms with Crippen molar-refractivity contribution in [2.75, 3.05) is 18.4 Å². The Balaban J connectivity index is 2.16. The maximum Gasteiger partial charge on any atom is 0.254 e. The summed E-state index contributed by atoms with van der Waals surface area (Å²) in [6.07, 6.45) is 0.000674. The van der Waals surface area contributed by atoms with Crippen molar-refractivity contribution in [3.8, 4) is 0 Å². The second-order valence-corrected chi connectivity index (χ2v) is 6.06. The first-order chi connectivity index (χ1) is 9.01. The van der Waals surface area contributed by atoms with Gasteiger partial charge in [-0.05, 0) is 41.1 Å². The van der Waals surface area contributed by atoms with Gasteiger partial charge in [0.25, 0.3) is 5.91 Å². The number of morpholine rings is 1. The minimum atomic E-state index is -0.370. The van der Waals surface area contributed by atoms with Crippen LogP contribution in [0.4, 0.5) is 4.39 Å². The molecule has 0 spiro atoms. The van der Waals surface area contributed by atoms with E-state index in [1.807, 2.05) is 6.92 Å². The Hall–Kier alpha value is -0.460. The highest BCUT2D eigenvalue weighted by atomic mass is 79.9. The molecule has 0 bridgehead atoms. The first-order valence-corrected chi connectivity index (χ1v) is 7.88. The fourth-order valence-electron chi connectivity index (χ4n) is 2.11. The number of benzene rings is 1. The van der Waals surface area contributed by atoms with Crippen molar-refractivity contribution >= 4 is 37.8 Å². The summed E-state index contributed by atoms with van der Waals surface area (Å²) in [5.41, 5.74) is 0.482. The van der Waals surface area contributed by atoms with Gasteiger partial charge in [-0.1, -0.05) is 15.9 Å². The quantitative estimate of drug-likeness (QED) is 0.721. The van der Waals surface area contributed by atoms with Gasteiger partial charge < -0.3 is 9.64 Å². The van der Waals surface area contributed by atoms with Gasteiger partial charge in [-0.2, -0.15) is 0 Å². The molecule has 2 unspecified atom stereocenters. The van der Waals surface area contributed by atoms with Crippen molar-refractivity contribution in [2.45, 2.75) is 19.1 Å². The van der Waals surface area contributed by atoms with E-state index in [0.717, 1.165) is 0 Å². The molecule has 0 N–H and O–H groups in total. The highest BCUT2D eigenvalue weighted by Crippen LogP contribution is 2.20. The van der Waals surface area contributed by atoms with Crippen molar-refractivity contribution in [1.82, 2.24) is 4.90 Å². The van der Waals surface area contributed by atoms with Crippen LogP contribution in [0.3, 0.4) is 0 Å². The molecule has 3 nitrogen and oxygen atoms in total. The lowest BCUT2D eigenvalue weighted by atomic mass is 10.1. The van der Waals surface area contributed by atoms with Gasteiger partial charge in [-0.3, -0.25) is 4.79 Å². The molecule has 2 rings (SSSR count). The standard InChI is InChI=1S/C13H14Br2FNO2/c1-8-6-17(7-10(5-14)19-8)13(18)9-2-3-12(16)11(15)4-9/h2-4,8,10H,5-7H2,1H3. The first kappa shape index (κ1) is 14.9. The van der Waals surface area contributed by atoms with E-state index >= 15 is 0 Å². The molecule has 1 saturated heterocycles. The molecule has 6 heteroatoms. The Morgan fingerprint density at radius 1 is 1.53 bits per heavy atom. The van der Waals surface area contributed by atoms with E-state index in [-0.39, 0.29) is 23.9 Å². The van der Waals surface area contributed by atoms with E-state index in [4.69, 9.17) is 4.74 Å². The molecule has 1 aromatic rings. The molecule has 104 valence electrons. The molecule has 1 fully saturated rings. The number of alkyl halides is 1. The molecule has 0 radical (unpaired) electrons. The molecule has 1 aliphatic rings. The number of hydrogen-bond acceptors (Lipinski definition) is 2. The molecule has 2 atom stereocenters. The summed E-state index contributed by atoms with van der Waals surface area (Å²) in [6.45, 7) is 3.04. The van der Waals surface area contributed by atoms with E-state index in [1.165, 1.54) is 18.2 Å². The van der Waals surface area contributed by atoms with Gasteiger partial charge in [0.15, 0.2) is 0 Å². The van der Waals surface area contributed by atoms with Crippen LogP contribution in [-0.4, -0.2) is 41.4 Å². The van der Waals surface area contributed by atoms with Crippen molar-refractivity contribution in [3.05, 3.63) is 34.1 Å². The lowest BCUT2D eigenvalue weighted by molar-refractivity contribution is -0.0559. The fourth-order valence-corrected chi connectivity index (χ4v) is 2.84. The Morgan fingerprint density at radius 3 is 2.89 bits per heavy atom. The van der Waals surface area contributed by atoms with E-state index in [0.29, 0.717) is 28.5 Å². The maximum absolute atomic E-state index is 13.2. The summed E-state index contributed by atoms with van der Waals surface area (Å²) in [7, 11) is 0. The zero-order chi connectivity index (χ0) is 14.0. The van der Waals surface area contributed by atoms with Crippen LogP contribution in [0.2, 0.25) is 0 Å². The Morgan fingerprint density at radius 2 is 2.26 bits per heavy atom. The number of amides is 1. The zero-order valence-electron chi connectivity index (χ0n) is 10.4. The second kappa shape index (κ2) is 6.33. The molecule has 1 aromatic carbocycles. The SMILES string of the molecule is CC1CN(C(=O)c2ccc(F)c(Br)c2)CC(CBr)O1. The summed E-state index contributed by atoms with van der Waals surface area (Å²) >= 11 is 6.47. The number of carbonyl (C=O) groups excluding carboxylic acids is 1. The summed E-state index contributed by atoms with van der Waals surface area (Å²) in [5, 5.41) is 0.689. The summed E-state index contributed by atoms with van der Waals surface area (Å²) in [6, 6.07) is 4.32. The van der Waals surface area contributed by atoms with Gasteiger partial charge in [0.05, 0.1) is 16.7 Å². The third-order valence-corrected chi connectivity index (χ3v) is 4.28. The van der Waals surface area contributed by atoms with Gasteiger partial charge in [0.2, 0.25) is 0 Å². The van der Waals surface area contributed by atoms with E-state index < -0.39 is 0 Å². The molecule has 0 aromatic heterocycles. The number of ether oxygens (including phenoxy) is 1. The summed E-state index contributed by atoms with van der Waals surface area (Å²) in [5.74, 6) is -0.466. The van der Waals surface area contributed by atoms with E-state index in [2.05, 4.69) is 31.9 Å². The molecule has 1 amide bonds. The van der Waals surface area contributed by atoms with Crippen LogP contribution >= 0.6 is 31.9 Å². The summed E-state index contributed by atoms with van der Waals surface area (Å²) in [4.78, 5) is 14.1. The lowest BCUT2D eigenvalue weighted by Crippen LogP contribution is -2.49. The molecule has 0 aliphatic carbocycles. The number of nitrogens with zero attached hydrogens (tertiary/aromatic N) is 1. The predicted octanol–water partition coefficient (Wildman–Crippen LogP) is 3.21. The van der Waals surface area contributed by atoms with Crippen molar-refractivity contribution in [2.24, 2.45) is 0 Å². The van der Waals surface area contributed by atoms with Crippen LogP contribution in [0.5, 0.6) is 0 Å². The van der Waals surface area contributed by atoms with Gasteiger partial charge in [-0.25, -0.2) is 4.39 Å². The first-order valence-electron chi connectivity index (χ1n) is 5.97. The number of rotatable bonds is 2. The average Bonchev–Trinajstić information content (AvgIpc) is 2.40. The van der Waals surface area contributed by atoms with Crippen LogP contribution in [0, 0.1) is 5.82 Å². The van der Waals surface area contributed by atoms with Crippen LogP contribution in [0.15, 0.2) is 22.7 Å². The smallest absolute Gasteiger partial charge is 0.254 e. The van der Waals surface area contributed by atoms with Crippen molar-refractivity contribution < 1.29 is 13.9 Å². The number of hydrogen-bond donors (Lipinski definition) is 0. The second-order valence-electron chi connectivity index (χ2n) is 4.56. The lowest BCUT2D eigenvalue weighted by Gasteiger charge is -2.36. The molecule has 1 heterocycles. The van der Waals surface area contributed by atoms with E-state index in [9.17, 15) is 9.18 Å². The zero-order valence-corrected chi connectivity index (χ0v) is 13.6. The molecule has 1 aliphatic heterocycles. The topological polar surface area (TPSA) is 29.5 Å². The van der Waals surface area contributed by atoms with Crippen molar-refractivity contribution in [3.63, 3.8) is 0 Å². The normalized spacial score (nSPS) is 23.5. The van der Waals surface area contributed by atoms with Gasteiger partial charge in [0.1, 0.15) is 5.82 Å². The molecular formula is C13H14Br2FNO2. The molecule has 0 saturated carbocycles. The van der Waals surface area contributed by atoms with Gasteiger partial charge >= 0.3 is 0 Å². The Kier molecular flexibility index (Phi) is 4.97. The largest absolute Gasteiger partial charge is 0.371 e. The number of halogens is 3. The highest BCUT2D eigenvalue weighted by Gasteiger charge is 2.28. The minimum Gasteiger partial charge on any atom is -0.371 e. The van der Waals surface area contributed by atoms with Crippen LogP contribution in [-0.2, 0) is 4.74 Å². The fraction of sp³-hybridized carbons (Fsp3) is 0.462. The van der Waals surface area contributed by atoms with Gasteiger partial charge in [-0.15, -0.1) is 0 Å². The van der Waals surface area contributed by atoms with E-state index in [1.54, 1.807) is 4.90 Å². The van der Waals surface area contributed by atoms with Crippen LogP contribution < -0.4 is 0 Å². The Labute approximate surface area is 128 Å². The monoisotopic (exact) mass is 393 g/mol. The van der Waals surface area contributed by atoms with Gasteiger partial charge in [0, 0.05) is 24.0 Å². The van der Waals surface area contributed by atoms with Crippen molar-refractivity contribution in [1.29, 1.82) is 0 Å². The summed E-state index contributed by atoms with van der Waals surface area (Å²) < 4.78 is 19.2. The maximum atomic E-state index is 13.2. The minimum absolute atomic E-state index is 0.00316. The third-order valence-electron chi connectivity index (χ3n) is 2.95. The number of carbonyl (C=O) groups is 1. The Bertz CT molecular complexity index is 484. The van der Waals surface area contributed by atoms with Crippen LogP contribution in [0.25, 0.3) is 0 Å². The third kappa shape index (κ3) is 3.55. The predicted molar refractivity (Wildman–Crippen MR) is 78.1 cm³/mol. The van der Waals surface area contributed by atoms with Crippen LogP contribution in [0.1, 0.15) is 17.3 Å². The average molecular weight is 395 g/mol. The molecule has 19 heavy (non-hydrogen) atoms. The highest BCUT2D eigenvalue weighted by molar-refractivity contribution is 9.10.